The molecule has 5 aromatic rings. The van der Waals surface area contributed by atoms with E-state index in [1.165, 1.54) is 30.6 Å². The van der Waals surface area contributed by atoms with Gasteiger partial charge in [-0.1, -0.05) is 6.07 Å². The van der Waals surface area contributed by atoms with E-state index in [2.05, 4.69) is 26.0 Å². The van der Waals surface area contributed by atoms with E-state index in [9.17, 15) is 28.5 Å². The molecule has 0 unspecified atom stereocenters. The monoisotopic (exact) mass is 757 g/mol. The van der Waals surface area contributed by atoms with Gasteiger partial charge in [0, 0.05) is 73.3 Å². The third kappa shape index (κ3) is 9.31. The summed E-state index contributed by atoms with van der Waals surface area (Å²) < 4.78 is 39.7. The van der Waals surface area contributed by atoms with Gasteiger partial charge in [0.1, 0.15) is 23.5 Å². The zero-order valence-electron chi connectivity index (χ0n) is 30.6. The summed E-state index contributed by atoms with van der Waals surface area (Å²) >= 11 is 0. The Bertz CT molecular complexity index is 2200. The van der Waals surface area contributed by atoms with Crippen LogP contribution >= 0.6 is 0 Å². The number of nitrogens with one attached hydrogen (secondary N) is 3. The van der Waals surface area contributed by atoms with Crippen LogP contribution in [0.4, 0.5) is 43.0 Å². The number of non-ortho nitro benzene ring substituents is 1. The van der Waals surface area contributed by atoms with Crippen molar-refractivity contribution in [1.82, 2.24) is 19.9 Å². The first-order valence-corrected chi connectivity index (χ1v) is 17.7. The maximum absolute atomic E-state index is 14.4. The third-order valence-electron chi connectivity index (χ3n) is 9.13. The molecule has 2 aliphatic heterocycles. The minimum atomic E-state index is -0.590. The number of amides is 2. The smallest absolute Gasteiger partial charge is 0.274 e. The van der Waals surface area contributed by atoms with Crippen LogP contribution in [0.25, 0.3) is 5.52 Å². The second-order valence-electron chi connectivity index (χ2n) is 12.9. The quantitative estimate of drug-likeness (QED) is 0.126. The van der Waals surface area contributed by atoms with Gasteiger partial charge in [-0.2, -0.15) is 5.10 Å². The highest BCUT2D eigenvalue weighted by Crippen LogP contribution is 2.29. The summed E-state index contributed by atoms with van der Waals surface area (Å²) in [5.41, 5.74) is 5.22. The van der Waals surface area contributed by atoms with Crippen molar-refractivity contribution in [3.8, 4) is 0 Å². The molecule has 0 saturated carbocycles. The zero-order valence-corrected chi connectivity index (χ0v) is 30.6. The van der Waals surface area contributed by atoms with Crippen LogP contribution in [-0.2, 0) is 9.47 Å². The number of anilines is 5. The number of ether oxygens (including phenoxy) is 2. The molecule has 0 aliphatic carbocycles. The van der Waals surface area contributed by atoms with E-state index in [0.717, 1.165) is 17.2 Å². The summed E-state index contributed by atoms with van der Waals surface area (Å²) in [6.45, 7) is 11.0. The Labute approximate surface area is 315 Å². The average Bonchev–Trinajstić information content (AvgIpc) is 3.53. The number of rotatable bonds is 9. The fraction of sp³-hybridized carbons (Fsp3) is 0.316. The van der Waals surface area contributed by atoms with Gasteiger partial charge in [0.25, 0.3) is 17.5 Å². The van der Waals surface area contributed by atoms with Crippen LogP contribution < -0.4 is 25.8 Å². The fourth-order valence-corrected chi connectivity index (χ4v) is 6.28. The lowest BCUT2D eigenvalue weighted by Crippen LogP contribution is -2.36. The number of nitro benzene ring substituents is 1. The molecule has 0 spiro atoms. The summed E-state index contributed by atoms with van der Waals surface area (Å²) in [5, 5.41) is 23.8. The summed E-state index contributed by atoms with van der Waals surface area (Å²) in [7, 11) is 0. The van der Waals surface area contributed by atoms with Crippen molar-refractivity contribution in [2.75, 3.05) is 79.6 Å². The first kappa shape index (κ1) is 38.5. The van der Waals surface area contributed by atoms with Crippen LogP contribution in [0.2, 0.25) is 0 Å². The number of nitro groups is 1. The standard InChI is InChI=1S/C28H30FN7O3.C10H11FN2O3/c1-4-30-28(38)23-15-36-25(18(23)3)26(31-16-32-36)34-24-11-19(6-5-17(24)2)27(37)33-21-12-20(29)13-22(14-21)35-7-9-39-10-8-35;11-8-5-9(7-10(6-8)13(14)15)12-1-3-16-4-2-12/h5-6,11-16H,4,7-10H2,1-3H3,(H,30,38)(H,33,37)(H,31,32,34);5-7H,1-4H2. The first-order valence-electron chi connectivity index (χ1n) is 17.7. The van der Waals surface area contributed by atoms with Crippen LogP contribution in [0.5, 0.6) is 0 Å². The highest BCUT2D eigenvalue weighted by molar-refractivity contribution is 6.05. The number of hydrogen-bond acceptors (Lipinski definition) is 11. The van der Waals surface area contributed by atoms with E-state index in [0.29, 0.717) is 104 Å². The van der Waals surface area contributed by atoms with E-state index in [1.54, 1.807) is 28.9 Å². The molecule has 17 heteroatoms. The molecular weight excluding hydrogens is 716 g/mol. The summed E-state index contributed by atoms with van der Waals surface area (Å²) in [4.78, 5) is 44.0. The van der Waals surface area contributed by atoms with Gasteiger partial charge < -0.3 is 35.2 Å². The van der Waals surface area contributed by atoms with Gasteiger partial charge in [-0.15, -0.1) is 0 Å². The number of carbonyl (C=O) groups is 2. The Morgan fingerprint density at radius 2 is 1.51 bits per heavy atom. The average molecular weight is 758 g/mol. The molecule has 0 radical (unpaired) electrons. The van der Waals surface area contributed by atoms with Crippen molar-refractivity contribution in [2.24, 2.45) is 0 Å². The van der Waals surface area contributed by atoms with Crippen molar-refractivity contribution >= 4 is 51.6 Å². The minimum absolute atomic E-state index is 0.185. The van der Waals surface area contributed by atoms with Crippen LogP contribution in [0.1, 0.15) is 38.8 Å². The molecule has 7 rings (SSSR count). The normalized spacial score (nSPS) is 14.2. The maximum atomic E-state index is 14.4. The van der Waals surface area contributed by atoms with Gasteiger partial charge in [-0.05, 0) is 68.3 Å². The number of hydrogen-bond donors (Lipinski definition) is 3. The number of carbonyl (C=O) groups excluding carboxylic acids is 2. The van der Waals surface area contributed by atoms with Gasteiger partial charge >= 0.3 is 0 Å². The molecule has 3 aromatic carbocycles. The molecule has 2 fully saturated rings. The van der Waals surface area contributed by atoms with Crippen molar-refractivity contribution in [3.05, 3.63) is 111 Å². The predicted octanol–water partition coefficient (Wildman–Crippen LogP) is 5.64. The first-order chi connectivity index (χ1) is 26.5. The van der Waals surface area contributed by atoms with Crippen molar-refractivity contribution < 1.29 is 32.8 Å². The van der Waals surface area contributed by atoms with Gasteiger partial charge in [-0.3, -0.25) is 19.7 Å². The minimum Gasteiger partial charge on any atom is -0.378 e. The number of aromatic nitrogens is 3. The number of morpholine rings is 2. The van der Waals surface area contributed by atoms with Crippen molar-refractivity contribution in [2.45, 2.75) is 20.8 Å². The molecule has 2 aliphatic rings. The summed E-state index contributed by atoms with van der Waals surface area (Å²) in [6, 6.07) is 13.4. The van der Waals surface area contributed by atoms with Crippen LogP contribution in [0.3, 0.4) is 0 Å². The Kier molecular flexibility index (Phi) is 12.1. The summed E-state index contributed by atoms with van der Waals surface area (Å²) in [5.74, 6) is -1.07. The lowest BCUT2D eigenvalue weighted by molar-refractivity contribution is -0.385. The molecule has 2 amide bonds. The van der Waals surface area contributed by atoms with E-state index in [1.807, 2.05) is 36.6 Å². The third-order valence-corrected chi connectivity index (χ3v) is 9.13. The van der Waals surface area contributed by atoms with E-state index < -0.39 is 16.6 Å². The molecular formula is C38H41F2N9O6. The lowest BCUT2D eigenvalue weighted by Gasteiger charge is -2.29. The highest BCUT2D eigenvalue weighted by Gasteiger charge is 2.20. The van der Waals surface area contributed by atoms with Gasteiger partial charge in [0.15, 0.2) is 5.82 Å². The number of nitrogens with zero attached hydrogens (tertiary/aromatic N) is 6. The number of benzene rings is 3. The Balaban J connectivity index is 0.000000268. The van der Waals surface area contributed by atoms with E-state index >= 15 is 0 Å². The van der Waals surface area contributed by atoms with E-state index in [-0.39, 0.29) is 17.5 Å². The molecule has 0 atom stereocenters. The molecule has 55 heavy (non-hydrogen) atoms. The predicted molar refractivity (Wildman–Crippen MR) is 204 cm³/mol. The van der Waals surface area contributed by atoms with Gasteiger partial charge in [-0.25, -0.2) is 18.3 Å². The number of halogens is 2. The second kappa shape index (κ2) is 17.3. The lowest BCUT2D eigenvalue weighted by atomic mass is 10.1. The molecule has 4 heterocycles. The van der Waals surface area contributed by atoms with Gasteiger partial charge in [0.05, 0.1) is 43.0 Å². The largest absolute Gasteiger partial charge is 0.378 e. The van der Waals surface area contributed by atoms with Crippen molar-refractivity contribution in [1.29, 1.82) is 0 Å². The Morgan fingerprint density at radius 3 is 2.15 bits per heavy atom. The van der Waals surface area contributed by atoms with Crippen LogP contribution in [0.15, 0.2) is 67.1 Å². The van der Waals surface area contributed by atoms with Crippen LogP contribution in [0, 0.1) is 35.6 Å². The van der Waals surface area contributed by atoms with Gasteiger partial charge in [0.2, 0.25) is 0 Å². The summed E-state index contributed by atoms with van der Waals surface area (Å²) in [6.07, 6.45) is 3.07. The molecule has 0 bridgehead atoms. The molecule has 15 nitrogen and oxygen atoms in total. The maximum Gasteiger partial charge on any atom is 0.274 e. The number of fused-ring (bicyclic) bond motifs is 1. The zero-order chi connectivity index (χ0) is 39.1. The number of aryl methyl sites for hydroxylation is 2. The second-order valence-corrected chi connectivity index (χ2v) is 12.9. The van der Waals surface area contributed by atoms with Crippen LogP contribution in [-0.4, -0.2) is 90.5 Å². The topological polar surface area (TPSA) is 168 Å². The Hall–Kier alpha value is -6.20. The Morgan fingerprint density at radius 1 is 0.873 bits per heavy atom. The van der Waals surface area contributed by atoms with Crippen molar-refractivity contribution in [3.63, 3.8) is 0 Å². The fourth-order valence-electron chi connectivity index (χ4n) is 6.28. The highest BCUT2D eigenvalue weighted by atomic mass is 19.1. The molecule has 2 saturated heterocycles. The molecule has 2 aromatic heterocycles. The molecule has 288 valence electrons. The SMILES string of the molecule is CCNC(=O)c1cn2ncnc(Nc3cc(C(=O)Nc4cc(F)cc(N5CCOCC5)c4)ccc3C)c2c1C.O=[N+]([O-])c1cc(F)cc(N2CCOCC2)c1. The van der Waals surface area contributed by atoms with E-state index in [4.69, 9.17) is 9.47 Å². The molecule has 3 N–H and O–H groups in total.